The lowest BCUT2D eigenvalue weighted by atomic mass is 9.79. The molecule has 0 aliphatic rings. The van der Waals surface area contributed by atoms with Crippen LogP contribution in [-0.4, -0.2) is 29.0 Å². The number of carbonyl (C=O) groups excluding carboxylic acids is 2. The quantitative estimate of drug-likeness (QED) is 0.216. The second-order valence-electron chi connectivity index (χ2n) is 11.0. The number of amides is 1. The van der Waals surface area contributed by atoms with Gasteiger partial charge in [0.25, 0.3) is 5.91 Å². The van der Waals surface area contributed by atoms with Crippen molar-refractivity contribution in [3.63, 3.8) is 0 Å². The van der Waals surface area contributed by atoms with E-state index in [1.165, 1.54) is 0 Å². The summed E-state index contributed by atoms with van der Waals surface area (Å²) >= 11 is 10.1. The Kier molecular flexibility index (Phi) is 8.48. The Balaban J connectivity index is 1.74. The fourth-order valence-electron chi connectivity index (χ4n) is 4.76. The molecule has 0 aliphatic heterocycles. The van der Waals surface area contributed by atoms with E-state index in [0.717, 1.165) is 37.8 Å². The van der Waals surface area contributed by atoms with Crippen LogP contribution < -0.4 is 5.32 Å². The zero-order valence-corrected chi connectivity index (χ0v) is 25.1. The molecule has 4 aromatic rings. The first-order valence-electron chi connectivity index (χ1n) is 12.8. The number of hydrogen-bond donors (Lipinski definition) is 1. The van der Waals surface area contributed by atoms with E-state index in [9.17, 15) is 9.59 Å². The maximum Gasteiger partial charge on any atom is 0.307 e. The molecule has 0 spiro atoms. The number of nitrogens with zero attached hydrogens (tertiary/aromatic N) is 1. The van der Waals surface area contributed by atoms with Crippen molar-refractivity contribution < 1.29 is 14.3 Å². The van der Waals surface area contributed by atoms with Crippen LogP contribution in [0.4, 0.5) is 0 Å². The average molecular weight is 608 g/mol. The van der Waals surface area contributed by atoms with Crippen molar-refractivity contribution in [3.8, 4) is 11.3 Å². The van der Waals surface area contributed by atoms with Gasteiger partial charge in [-0.05, 0) is 63.1 Å². The minimum Gasteiger partial charge on any atom is -0.460 e. The van der Waals surface area contributed by atoms with Crippen molar-refractivity contribution in [3.05, 3.63) is 99.0 Å². The first-order valence-corrected chi connectivity index (χ1v) is 14.0. The number of rotatable bonds is 7. The maximum atomic E-state index is 13.9. The summed E-state index contributed by atoms with van der Waals surface area (Å²) in [5.74, 6) is -0.613. The molecule has 202 valence electrons. The highest BCUT2D eigenvalue weighted by atomic mass is 79.9. The van der Waals surface area contributed by atoms with E-state index in [2.05, 4.69) is 21.2 Å². The van der Waals surface area contributed by atoms with E-state index in [4.69, 9.17) is 21.3 Å². The fourth-order valence-corrected chi connectivity index (χ4v) is 5.49. The highest BCUT2D eigenvalue weighted by Crippen LogP contribution is 2.35. The van der Waals surface area contributed by atoms with Crippen LogP contribution in [0.2, 0.25) is 5.02 Å². The number of esters is 1. The van der Waals surface area contributed by atoms with Gasteiger partial charge in [0.1, 0.15) is 5.60 Å². The van der Waals surface area contributed by atoms with Gasteiger partial charge in [0.2, 0.25) is 0 Å². The highest BCUT2D eigenvalue weighted by molar-refractivity contribution is 9.10. The number of carbonyl (C=O) groups is 2. The van der Waals surface area contributed by atoms with E-state index >= 15 is 0 Å². The molecule has 1 N–H and O–H groups in total. The molecule has 0 aliphatic carbocycles. The second kappa shape index (κ2) is 11.5. The number of hydrogen-bond acceptors (Lipinski definition) is 4. The zero-order chi connectivity index (χ0) is 28.4. The van der Waals surface area contributed by atoms with E-state index in [-0.39, 0.29) is 24.8 Å². The summed E-state index contributed by atoms with van der Waals surface area (Å²) in [6, 6.07) is 22.9. The standard InChI is InChI=1S/C32H32BrClN2O3/c1-20-28(23-17-22(33)15-16-26(23)36-29(20)21-11-7-6-8-12-21)30(38)35-19-32(5,18-27(37)39-31(2,3)4)24-13-9-10-14-25(24)34/h6-17H,18-19H2,1-5H3,(H,35,38). The molecule has 1 unspecified atom stereocenters. The van der Waals surface area contributed by atoms with Crippen LogP contribution in [0.1, 0.15) is 55.6 Å². The van der Waals surface area contributed by atoms with Crippen molar-refractivity contribution in [2.45, 2.75) is 52.1 Å². The summed E-state index contributed by atoms with van der Waals surface area (Å²) in [4.78, 5) is 31.8. The molecule has 0 bridgehead atoms. The molecule has 1 aromatic heterocycles. The Hall–Kier alpha value is -3.22. The Labute approximate surface area is 243 Å². The van der Waals surface area contributed by atoms with Crippen LogP contribution in [0.5, 0.6) is 0 Å². The third-order valence-corrected chi connectivity index (χ3v) is 7.41. The predicted molar refractivity (Wildman–Crippen MR) is 161 cm³/mol. The molecule has 0 saturated heterocycles. The molecule has 3 aromatic carbocycles. The van der Waals surface area contributed by atoms with Crippen molar-refractivity contribution in [2.75, 3.05) is 6.54 Å². The number of fused-ring (bicyclic) bond motifs is 1. The number of nitrogens with one attached hydrogen (secondary N) is 1. The topological polar surface area (TPSA) is 68.3 Å². The summed E-state index contributed by atoms with van der Waals surface area (Å²) < 4.78 is 6.48. The monoisotopic (exact) mass is 606 g/mol. The lowest BCUT2D eigenvalue weighted by molar-refractivity contribution is -0.156. The van der Waals surface area contributed by atoms with Gasteiger partial charge in [0, 0.05) is 32.4 Å². The van der Waals surface area contributed by atoms with Gasteiger partial charge < -0.3 is 10.1 Å². The SMILES string of the molecule is Cc1c(-c2ccccc2)nc2ccc(Br)cc2c1C(=O)NCC(C)(CC(=O)OC(C)(C)C)c1ccccc1Cl. The molecule has 1 heterocycles. The van der Waals surface area contributed by atoms with E-state index in [1.807, 2.05) is 101 Å². The largest absolute Gasteiger partial charge is 0.460 e. The summed E-state index contributed by atoms with van der Waals surface area (Å²) in [6.45, 7) is 9.51. The summed E-state index contributed by atoms with van der Waals surface area (Å²) in [5, 5.41) is 4.38. The Bertz CT molecular complexity index is 1530. The lowest BCUT2D eigenvalue weighted by Crippen LogP contribution is -2.42. The first kappa shape index (κ1) is 28.8. The van der Waals surface area contributed by atoms with E-state index in [1.54, 1.807) is 6.07 Å². The van der Waals surface area contributed by atoms with Crippen molar-refractivity contribution >= 4 is 50.3 Å². The highest BCUT2D eigenvalue weighted by Gasteiger charge is 2.34. The molecular weight excluding hydrogens is 576 g/mol. The molecule has 0 saturated carbocycles. The van der Waals surface area contributed by atoms with Gasteiger partial charge in [-0.3, -0.25) is 9.59 Å². The smallest absolute Gasteiger partial charge is 0.307 e. The molecular formula is C32H32BrClN2O3. The number of aromatic nitrogens is 1. The van der Waals surface area contributed by atoms with E-state index in [0.29, 0.717) is 10.6 Å². The van der Waals surface area contributed by atoms with Crippen LogP contribution >= 0.6 is 27.5 Å². The molecule has 1 amide bonds. The molecule has 39 heavy (non-hydrogen) atoms. The molecule has 0 radical (unpaired) electrons. The van der Waals surface area contributed by atoms with Crippen molar-refractivity contribution in [1.29, 1.82) is 0 Å². The minimum atomic E-state index is -0.810. The average Bonchev–Trinajstić information content (AvgIpc) is 2.86. The summed E-state index contributed by atoms with van der Waals surface area (Å²) in [5.41, 5.74) is 3.04. The van der Waals surface area contributed by atoms with E-state index < -0.39 is 11.0 Å². The Morgan fingerprint density at radius 3 is 2.31 bits per heavy atom. The Morgan fingerprint density at radius 1 is 0.974 bits per heavy atom. The molecule has 4 rings (SSSR count). The predicted octanol–water partition coefficient (Wildman–Crippen LogP) is 8.05. The number of benzene rings is 3. The number of ether oxygens (including phenoxy) is 1. The Morgan fingerprint density at radius 2 is 1.64 bits per heavy atom. The van der Waals surface area contributed by atoms with Crippen LogP contribution in [0.25, 0.3) is 22.2 Å². The van der Waals surface area contributed by atoms with Crippen LogP contribution in [0.15, 0.2) is 77.3 Å². The number of halogens is 2. The third-order valence-electron chi connectivity index (χ3n) is 6.58. The molecule has 0 fully saturated rings. The summed E-state index contributed by atoms with van der Waals surface area (Å²) in [7, 11) is 0. The normalized spacial score (nSPS) is 13.1. The van der Waals surface area contributed by atoms with Gasteiger partial charge in [-0.15, -0.1) is 0 Å². The molecule has 7 heteroatoms. The molecule has 1 atom stereocenters. The second-order valence-corrected chi connectivity index (χ2v) is 12.3. The van der Waals surface area contributed by atoms with Crippen molar-refractivity contribution in [2.24, 2.45) is 0 Å². The van der Waals surface area contributed by atoms with Crippen LogP contribution in [0.3, 0.4) is 0 Å². The first-order chi connectivity index (χ1) is 18.4. The molecule has 5 nitrogen and oxygen atoms in total. The van der Waals surface area contributed by atoms with Gasteiger partial charge in [-0.25, -0.2) is 4.98 Å². The lowest BCUT2D eigenvalue weighted by Gasteiger charge is -2.32. The van der Waals surface area contributed by atoms with Gasteiger partial charge in [0.05, 0.1) is 23.2 Å². The van der Waals surface area contributed by atoms with Crippen LogP contribution in [0, 0.1) is 6.92 Å². The fraction of sp³-hybridized carbons (Fsp3) is 0.281. The zero-order valence-electron chi connectivity index (χ0n) is 22.8. The van der Waals surface area contributed by atoms with Crippen molar-refractivity contribution in [1.82, 2.24) is 10.3 Å². The van der Waals surface area contributed by atoms with Gasteiger partial charge in [-0.1, -0.05) is 83.0 Å². The maximum absolute atomic E-state index is 13.9. The number of pyridine rings is 1. The minimum absolute atomic E-state index is 0.0468. The van der Waals surface area contributed by atoms with Crippen LogP contribution in [-0.2, 0) is 14.9 Å². The summed E-state index contributed by atoms with van der Waals surface area (Å²) in [6.07, 6.45) is 0.0468. The third kappa shape index (κ3) is 6.68. The van der Waals surface area contributed by atoms with Gasteiger partial charge >= 0.3 is 5.97 Å². The van der Waals surface area contributed by atoms with Gasteiger partial charge in [0.15, 0.2) is 0 Å². The van der Waals surface area contributed by atoms with Gasteiger partial charge in [-0.2, -0.15) is 0 Å².